The van der Waals surface area contributed by atoms with Gasteiger partial charge in [-0.15, -0.1) is 0 Å². The van der Waals surface area contributed by atoms with Crippen LogP contribution in [0, 0.1) is 12.8 Å². The summed E-state index contributed by atoms with van der Waals surface area (Å²) >= 11 is 0. The lowest BCUT2D eigenvalue weighted by atomic mass is 9.99. The minimum atomic E-state index is 0.199. The van der Waals surface area contributed by atoms with E-state index in [2.05, 4.69) is 6.92 Å². The molecule has 1 heterocycles. The van der Waals surface area contributed by atoms with Gasteiger partial charge in [0.15, 0.2) is 0 Å². The molecule has 1 unspecified atom stereocenters. The fourth-order valence-corrected chi connectivity index (χ4v) is 2.36. The normalized spacial score (nSPS) is 20.9. The van der Waals surface area contributed by atoms with Crippen molar-refractivity contribution in [3.63, 3.8) is 0 Å². The first-order chi connectivity index (χ1) is 7.68. The molecule has 0 N–H and O–H groups in total. The van der Waals surface area contributed by atoms with Crippen LogP contribution in [0.4, 0.5) is 0 Å². The minimum absolute atomic E-state index is 0.199. The number of benzene rings is 1. The van der Waals surface area contributed by atoms with E-state index >= 15 is 0 Å². The Morgan fingerprint density at radius 3 is 2.81 bits per heavy atom. The van der Waals surface area contributed by atoms with Gasteiger partial charge in [-0.05, 0) is 37.3 Å². The molecule has 1 aliphatic heterocycles. The number of hydrogen-bond donors (Lipinski definition) is 0. The minimum Gasteiger partial charge on any atom is -0.338 e. The van der Waals surface area contributed by atoms with Gasteiger partial charge in [0.25, 0.3) is 5.91 Å². The summed E-state index contributed by atoms with van der Waals surface area (Å²) in [7, 11) is 0. The Labute approximate surface area is 97.3 Å². The zero-order chi connectivity index (χ0) is 11.5. The predicted octanol–water partition coefficient (Wildman–Crippen LogP) is 2.87. The number of hydrogen-bond acceptors (Lipinski definition) is 1. The van der Waals surface area contributed by atoms with Crippen molar-refractivity contribution >= 4 is 5.91 Å². The fraction of sp³-hybridized carbons (Fsp3) is 0.500. The zero-order valence-corrected chi connectivity index (χ0v) is 10.1. The van der Waals surface area contributed by atoms with Gasteiger partial charge in [-0.3, -0.25) is 4.79 Å². The van der Waals surface area contributed by atoms with E-state index < -0.39 is 0 Å². The van der Waals surface area contributed by atoms with Crippen molar-refractivity contribution in [1.82, 2.24) is 4.90 Å². The van der Waals surface area contributed by atoms with Gasteiger partial charge in [0.05, 0.1) is 0 Å². The Hall–Kier alpha value is -1.31. The van der Waals surface area contributed by atoms with Gasteiger partial charge in [-0.25, -0.2) is 0 Å². The maximum Gasteiger partial charge on any atom is 0.254 e. The summed E-state index contributed by atoms with van der Waals surface area (Å²) in [6.07, 6.45) is 2.39. The van der Waals surface area contributed by atoms with Crippen LogP contribution in [0.15, 0.2) is 24.3 Å². The second-order valence-corrected chi connectivity index (χ2v) is 4.81. The van der Waals surface area contributed by atoms with Crippen LogP contribution in [0.1, 0.15) is 35.7 Å². The van der Waals surface area contributed by atoms with E-state index in [9.17, 15) is 4.79 Å². The standard InChI is InChI=1S/C14H19NO/c1-11-6-5-9-15(10-11)14(16)13-8-4-3-7-12(13)2/h3-4,7-8,11H,5-6,9-10H2,1-2H3. The number of likely N-dealkylation sites (tertiary alicyclic amines) is 1. The van der Waals surface area contributed by atoms with Crippen molar-refractivity contribution < 1.29 is 4.79 Å². The zero-order valence-electron chi connectivity index (χ0n) is 10.1. The molecule has 1 atom stereocenters. The maximum atomic E-state index is 12.3. The second kappa shape index (κ2) is 4.69. The third kappa shape index (κ3) is 2.26. The highest BCUT2D eigenvalue weighted by Crippen LogP contribution is 2.19. The molecule has 0 spiro atoms. The number of carbonyl (C=O) groups is 1. The Morgan fingerprint density at radius 1 is 1.38 bits per heavy atom. The molecule has 1 aromatic rings. The largest absolute Gasteiger partial charge is 0.338 e. The van der Waals surface area contributed by atoms with E-state index in [4.69, 9.17) is 0 Å². The molecule has 1 aromatic carbocycles. The molecule has 16 heavy (non-hydrogen) atoms. The van der Waals surface area contributed by atoms with E-state index in [0.29, 0.717) is 5.92 Å². The Morgan fingerprint density at radius 2 is 2.12 bits per heavy atom. The lowest BCUT2D eigenvalue weighted by Crippen LogP contribution is -2.39. The van der Waals surface area contributed by atoms with Crippen molar-refractivity contribution in [2.24, 2.45) is 5.92 Å². The maximum absolute atomic E-state index is 12.3. The van der Waals surface area contributed by atoms with Crippen molar-refractivity contribution in [2.75, 3.05) is 13.1 Å². The average molecular weight is 217 g/mol. The summed E-state index contributed by atoms with van der Waals surface area (Å²) in [4.78, 5) is 14.3. The molecular formula is C14H19NO. The fourth-order valence-electron chi connectivity index (χ4n) is 2.36. The molecule has 86 valence electrons. The van der Waals surface area contributed by atoms with E-state index in [1.807, 2.05) is 36.1 Å². The number of rotatable bonds is 1. The van der Waals surface area contributed by atoms with Crippen LogP contribution in [0.5, 0.6) is 0 Å². The molecule has 0 aliphatic carbocycles. The first-order valence-electron chi connectivity index (χ1n) is 6.03. The van der Waals surface area contributed by atoms with E-state index in [1.54, 1.807) is 0 Å². The molecule has 1 fully saturated rings. The molecule has 1 aliphatic rings. The Bertz CT molecular complexity index is 386. The average Bonchev–Trinajstić information content (AvgIpc) is 2.29. The van der Waals surface area contributed by atoms with Crippen LogP contribution in [0.2, 0.25) is 0 Å². The van der Waals surface area contributed by atoms with Crippen LogP contribution in [0.3, 0.4) is 0 Å². The van der Waals surface area contributed by atoms with Crippen molar-refractivity contribution in [2.45, 2.75) is 26.7 Å². The second-order valence-electron chi connectivity index (χ2n) is 4.81. The lowest BCUT2D eigenvalue weighted by molar-refractivity contribution is 0.0682. The molecule has 2 rings (SSSR count). The highest BCUT2D eigenvalue weighted by molar-refractivity contribution is 5.95. The van der Waals surface area contributed by atoms with Gasteiger partial charge in [0.1, 0.15) is 0 Å². The first kappa shape index (κ1) is 11.2. The lowest BCUT2D eigenvalue weighted by Gasteiger charge is -2.31. The molecule has 0 aromatic heterocycles. The van der Waals surface area contributed by atoms with Gasteiger partial charge in [0.2, 0.25) is 0 Å². The quantitative estimate of drug-likeness (QED) is 0.708. The summed E-state index contributed by atoms with van der Waals surface area (Å²) in [5.74, 6) is 0.839. The van der Waals surface area contributed by atoms with Crippen LogP contribution in [-0.4, -0.2) is 23.9 Å². The monoisotopic (exact) mass is 217 g/mol. The van der Waals surface area contributed by atoms with Gasteiger partial charge in [0, 0.05) is 18.7 Å². The highest BCUT2D eigenvalue weighted by Gasteiger charge is 2.22. The number of nitrogens with zero attached hydrogens (tertiary/aromatic N) is 1. The third-order valence-corrected chi connectivity index (χ3v) is 3.32. The molecular weight excluding hydrogens is 198 g/mol. The molecule has 1 amide bonds. The Balaban J connectivity index is 2.16. The topological polar surface area (TPSA) is 20.3 Å². The predicted molar refractivity (Wildman–Crippen MR) is 65.5 cm³/mol. The number of aryl methyl sites for hydroxylation is 1. The summed E-state index contributed by atoms with van der Waals surface area (Å²) in [6, 6.07) is 7.84. The molecule has 0 saturated carbocycles. The smallest absolute Gasteiger partial charge is 0.254 e. The van der Waals surface area contributed by atoms with Gasteiger partial charge in [-0.2, -0.15) is 0 Å². The van der Waals surface area contributed by atoms with Gasteiger partial charge < -0.3 is 4.90 Å². The van der Waals surface area contributed by atoms with Crippen molar-refractivity contribution in [3.8, 4) is 0 Å². The summed E-state index contributed by atoms with van der Waals surface area (Å²) in [6.45, 7) is 6.04. The SMILES string of the molecule is Cc1ccccc1C(=O)N1CCCC(C)C1. The molecule has 1 saturated heterocycles. The van der Waals surface area contributed by atoms with Crippen LogP contribution in [-0.2, 0) is 0 Å². The summed E-state index contributed by atoms with van der Waals surface area (Å²) in [5.41, 5.74) is 1.93. The molecule has 0 bridgehead atoms. The van der Waals surface area contributed by atoms with Crippen LogP contribution < -0.4 is 0 Å². The number of amides is 1. The molecule has 2 nitrogen and oxygen atoms in total. The summed E-state index contributed by atoms with van der Waals surface area (Å²) < 4.78 is 0. The highest BCUT2D eigenvalue weighted by atomic mass is 16.2. The van der Waals surface area contributed by atoms with E-state index in [-0.39, 0.29) is 5.91 Å². The number of carbonyl (C=O) groups excluding carboxylic acids is 1. The first-order valence-corrected chi connectivity index (χ1v) is 6.03. The molecule has 0 radical (unpaired) electrons. The summed E-state index contributed by atoms with van der Waals surface area (Å²) in [5, 5.41) is 0. The van der Waals surface area contributed by atoms with E-state index in [1.165, 1.54) is 6.42 Å². The van der Waals surface area contributed by atoms with Crippen LogP contribution in [0.25, 0.3) is 0 Å². The Kier molecular flexibility index (Phi) is 3.28. The van der Waals surface area contributed by atoms with Gasteiger partial charge >= 0.3 is 0 Å². The van der Waals surface area contributed by atoms with Crippen LogP contribution >= 0.6 is 0 Å². The number of piperidine rings is 1. The van der Waals surface area contributed by atoms with Crippen molar-refractivity contribution in [1.29, 1.82) is 0 Å². The van der Waals surface area contributed by atoms with Crippen molar-refractivity contribution in [3.05, 3.63) is 35.4 Å². The third-order valence-electron chi connectivity index (χ3n) is 3.32. The molecule has 2 heteroatoms. The van der Waals surface area contributed by atoms with E-state index in [0.717, 1.165) is 30.6 Å². The van der Waals surface area contributed by atoms with Gasteiger partial charge in [-0.1, -0.05) is 25.1 Å².